The minimum absolute atomic E-state index is 0.0874. The maximum Gasteiger partial charge on any atom is 0.293 e. The molecule has 1 aromatic heterocycles. The standard InChI is InChI=1S/C13H17F2NO3/c1-3-10-9(2)11(4-5-16-10)17-6-12-18-7-13(14,15)8-19-12/h4-5,12H,3,6-8H2,1-2H3. The highest BCUT2D eigenvalue weighted by molar-refractivity contribution is 5.34. The minimum Gasteiger partial charge on any atom is -0.488 e. The molecule has 106 valence electrons. The molecule has 6 heteroatoms. The zero-order chi connectivity index (χ0) is 13.9. The van der Waals surface area contributed by atoms with Gasteiger partial charge in [-0.3, -0.25) is 4.98 Å². The van der Waals surface area contributed by atoms with E-state index in [1.54, 1.807) is 12.3 Å². The van der Waals surface area contributed by atoms with Crippen LogP contribution in [0.3, 0.4) is 0 Å². The quantitative estimate of drug-likeness (QED) is 0.844. The third-order valence-electron chi connectivity index (χ3n) is 2.93. The Morgan fingerprint density at radius 2 is 2.11 bits per heavy atom. The Morgan fingerprint density at radius 3 is 2.74 bits per heavy atom. The van der Waals surface area contributed by atoms with Crippen LogP contribution in [0.15, 0.2) is 12.3 Å². The Balaban J connectivity index is 1.89. The van der Waals surface area contributed by atoms with Crippen LogP contribution in [0, 0.1) is 6.92 Å². The number of alkyl halides is 2. The maximum absolute atomic E-state index is 12.8. The molecule has 1 aliphatic heterocycles. The first-order valence-electron chi connectivity index (χ1n) is 6.20. The van der Waals surface area contributed by atoms with Crippen LogP contribution in [0.1, 0.15) is 18.2 Å². The Kier molecular flexibility index (Phi) is 4.31. The lowest BCUT2D eigenvalue weighted by atomic mass is 10.1. The summed E-state index contributed by atoms with van der Waals surface area (Å²) in [5.74, 6) is -2.23. The summed E-state index contributed by atoms with van der Waals surface area (Å²) in [4.78, 5) is 4.23. The van der Waals surface area contributed by atoms with E-state index in [9.17, 15) is 8.78 Å². The monoisotopic (exact) mass is 273 g/mol. The first kappa shape index (κ1) is 14.1. The van der Waals surface area contributed by atoms with E-state index in [2.05, 4.69) is 4.98 Å². The molecular formula is C13H17F2NO3. The van der Waals surface area contributed by atoms with Crippen LogP contribution in [-0.2, 0) is 15.9 Å². The minimum atomic E-state index is -2.90. The van der Waals surface area contributed by atoms with E-state index < -0.39 is 25.4 Å². The van der Waals surface area contributed by atoms with Crippen molar-refractivity contribution in [1.82, 2.24) is 4.98 Å². The number of ether oxygens (including phenoxy) is 3. The van der Waals surface area contributed by atoms with E-state index in [0.29, 0.717) is 5.75 Å². The van der Waals surface area contributed by atoms with Gasteiger partial charge in [-0.15, -0.1) is 0 Å². The van der Waals surface area contributed by atoms with Crippen molar-refractivity contribution in [2.75, 3.05) is 19.8 Å². The molecule has 0 saturated carbocycles. The third kappa shape index (κ3) is 3.61. The van der Waals surface area contributed by atoms with Gasteiger partial charge in [-0.05, 0) is 19.4 Å². The number of aryl methyl sites for hydroxylation is 1. The molecule has 0 N–H and O–H groups in total. The lowest BCUT2D eigenvalue weighted by Crippen LogP contribution is -2.43. The van der Waals surface area contributed by atoms with E-state index in [1.807, 2.05) is 13.8 Å². The van der Waals surface area contributed by atoms with Gasteiger partial charge in [-0.25, -0.2) is 8.78 Å². The molecule has 1 fully saturated rings. The molecule has 19 heavy (non-hydrogen) atoms. The summed E-state index contributed by atoms with van der Waals surface area (Å²) >= 11 is 0. The summed E-state index contributed by atoms with van der Waals surface area (Å²) in [5, 5.41) is 0. The fraction of sp³-hybridized carbons (Fsp3) is 0.615. The number of rotatable bonds is 4. The van der Waals surface area contributed by atoms with Gasteiger partial charge in [0.25, 0.3) is 5.92 Å². The highest BCUT2D eigenvalue weighted by Crippen LogP contribution is 2.23. The van der Waals surface area contributed by atoms with Crippen molar-refractivity contribution in [2.24, 2.45) is 0 Å². The second-order valence-electron chi connectivity index (χ2n) is 4.45. The molecular weight excluding hydrogens is 256 g/mol. The van der Waals surface area contributed by atoms with Crippen LogP contribution in [0.25, 0.3) is 0 Å². The lowest BCUT2D eigenvalue weighted by molar-refractivity contribution is -0.273. The van der Waals surface area contributed by atoms with Crippen molar-refractivity contribution in [1.29, 1.82) is 0 Å². The topological polar surface area (TPSA) is 40.6 Å². The van der Waals surface area contributed by atoms with Gasteiger partial charge in [0.1, 0.15) is 25.6 Å². The van der Waals surface area contributed by atoms with Crippen molar-refractivity contribution in [3.63, 3.8) is 0 Å². The van der Waals surface area contributed by atoms with Gasteiger partial charge in [0.05, 0.1) is 0 Å². The van der Waals surface area contributed by atoms with Gasteiger partial charge in [-0.1, -0.05) is 6.92 Å². The van der Waals surface area contributed by atoms with Crippen molar-refractivity contribution in [3.8, 4) is 5.75 Å². The number of nitrogens with zero attached hydrogens (tertiary/aromatic N) is 1. The second kappa shape index (κ2) is 5.79. The maximum atomic E-state index is 12.8. The third-order valence-corrected chi connectivity index (χ3v) is 2.93. The van der Waals surface area contributed by atoms with Crippen LogP contribution in [0.4, 0.5) is 8.78 Å². The smallest absolute Gasteiger partial charge is 0.293 e. The second-order valence-corrected chi connectivity index (χ2v) is 4.45. The molecule has 1 saturated heterocycles. The Bertz CT molecular complexity index is 430. The Labute approximate surface area is 110 Å². The molecule has 0 radical (unpaired) electrons. The summed E-state index contributed by atoms with van der Waals surface area (Å²) in [6, 6.07) is 1.74. The number of hydrogen-bond donors (Lipinski definition) is 0. The molecule has 0 spiro atoms. The molecule has 0 atom stereocenters. The molecule has 0 bridgehead atoms. The van der Waals surface area contributed by atoms with Gasteiger partial charge < -0.3 is 14.2 Å². The van der Waals surface area contributed by atoms with E-state index in [0.717, 1.165) is 17.7 Å². The van der Waals surface area contributed by atoms with E-state index in [4.69, 9.17) is 14.2 Å². The molecule has 2 heterocycles. The first-order chi connectivity index (χ1) is 9.02. The lowest BCUT2D eigenvalue weighted by Gasteiger charge is -2.29. The van der Waals surface area contributed by atoms with Gasteiger partial charge >= 0.3 is 0 Å². The zero-order valence-corrected chi connectivity index (χ0v) is 11.0. The molecule has 0 aliphatic carbocycles. The predicted molar refractivity (Wildman–Crippen MR) is 64.5 cm³/mol. The fourth-order valence-electron chi connectivity index (χ4n) is 1.85. The Hall–Kier alpha value is -1.27. The highest BCUT2D eigenvalue weighted by atomic mass is 19.3. The largest absolute Gasteiger partial charge is 0.488 e. The summed E-state index contributed by atoms with van der Waals surface area (Å²) < 4.78 is 41.0. The average Bonchev–Trinajstić information content (AvgIpc) is 2.39. The number of hydrogen-bond acceptors (Lipinski definition) is 4. The summed E-state index contributed by atoms with van der Waals surface area (Å²) in [6.45, 7) is 2.75. The molecule has 2 rings (SSSR count). The number of halogens is 2. The van der Waals surface area contributed by atoms with Gasteiger partial charge in [0.15, 0.2) is 6.29 Å². The number of aromatic nitrogens is 1. The molecule has 0 amide bonds. The first-order valence-corrected chi connectivity index (χ1v) is 6.20. The summed E-state index contributed by atoms with van der Waals surface area (Å²) in [7, 11) is 0. The summed E-state index contributed by atoms with van der Waals surface area (Å²) in [5.41, 5.74) is 1.90. The van der Waals surface area contributed by atoms with Crippen LogP contribution >= 0.6 is 0 Å². The zero-order valence-electron chi connectivity index (χ0n) is 11.0. The number of pyridine rings is 1. The van der Waals surface area contributed by atoms with Crippen molar-refractivity contribution in [3.05, 3.63) is 23.5 Å². The Morgan fingerprint density at radius 1 is 1.42 bits per heavy atom. The highest BCUT2D eigenvalue weighted by Gasteiger charge is 2.37. The van der Waals surface area contributed by atoms with Crippen molar-refractivity contribution in [2.45, 2.75) is 32.5 Å². The molecule has 4 nitrogen and oxygen atoms in total. The van der Waals surface area contributed by atoms with Crippen molar-refractivity contribution >= 4 is 0 Å². The van der Waals surface area contributed by atoms with Gasteiger partial charge in [0, 0.05) is 17.5 Å². The molecule has 0 unspecified atom stereocenters. The van der Waals surface area contributed by atoms with E-state index >= 15 is 0 Å². The normalized spacial score (nSPS) is 19.4. The molecule has 1 aliphatic rings. The fourth-order valence-corrected chi connectivity index (χ4v) is 1.85. The molecule has 1 aromatic rings. The van der Waals surface area contributed by atoms with Crippen LogP contribution in [-0.4, -0.2) is 37.0 Å². The average molecular weight is 273 g/mol. The van der Waals surface area contributed by atoms with Gasteiger partial charge in [0.2, 0.25) is 0 Å². The van der Waals surface area contributed by atoms with Crippen LogP contribution < -0.4 is 4.74 Å². The van der Waals surface area contributed by atoms with Crippen LogP contribution in [0.2, 0.25) is 0 Å². The van der Waals surface area contributed by atoms with Crippen molar-refractivity contribution < 1.29 is 23.0 Å². The van der Waals surface area contributed by atoms with Gasteiger partial charge in [-0.2, -0.15) is 0 Å². The van der Waals surface area contributed by atoms with E-state index in [-0.39, 0.29) is 6.61 Å². The van der Waals surface area contributed by atoms with Crippen LogP contribution in [0.5, 0.6) is 5.75 Å². The summed E-state index contributed by atoms with van der Waals surface area (Å²) in [6.07, 6.45) is 1.72. The predicted octanol–water partition coefficient (Wildman–Crippen LogP) is 2.34. The molecule has 0 aromatic carbocycles. The SMILES string of the molecule is CCc1nccc(OCC2OCC(F)(F)CO2)c1C. The van der Waals surface area contributed by atoms with E-state index in [1.165, 1.54) is 0 Å².